The number of carbonyl (C=O) groups is 2. The summed E-state index contributed by atoms with van der Waals surface area (Å²) >= 11 is 0. The van der Waals surface area contributed by atoms with Gasteiger partial charge in [-0.3, -0.25) is 0 Å². The van der Waals surface area contributed by atoms with Crippen LogP contribution in [-0.2, 0) is 0 Å². The van der Waals surface area contributed by atoms with Crippen molar-refractivity contribution in [2.24, 2.45) is 0 Å². The molecule has 0 unspecified atom stereocenters. The number of nitrogens with zero attached hydrogens (tertiary/aromatic N) is 1. The standard InChI is InChI=1S/C7H5NO4.Na.H/c9-6(10)4-1-2-5(7(11)12)8-3-4;;/h1-3H,(H,9,10)(H,11,12);;/q;+1;-1. The molecule has 13 heavy (non-hydrogen) atoms. The van der Waals surface area contributed by atoms with Gasteiger partial charge in [0.2, 0.25) is 0 Å². The number of hydrogen-bond donors (Lipinski definition) is 2. The summed E-state index contributed by atoms with van der Waals surface area (Å²) in [6.07, 6.45) is 1.01. The molecule has 0 aliphatic heterocycles. The van der Waals surface area contributed by atoms with Gasteiger partial charge in [0.25, 0.3) is 0 Å². The topological polar surface area (TPSA) is 87.5 Å². The Hall–Kier alpha value is -0.910. The first kappa shape index (κ1) is 12.1. The molecule has 0 saturated heterocycles. The van der Waals surface area contributed by atoms with Crippen LogP contribution in [0.25, 0.3) is 0 Å². The summed E-state index contributed by atoms with van der Waals surface area (Å²) in [6, 6.07) is 2.34. The Morgan fingerprint density at radius 3 is 2.15 bits per heavy atom. The Bertz CT molecular complexity index is 294. The predicted molar refractivity (Wildman–Crippen MR) is 39.3 cm³/mol. The summed E-state index contributed by atoms with van der Waals surface area (Å²) in [6.45, 7) is 0. The molecule has 0 atom stereocenters. The van der Waals surface area contributed by atoms with E-state index < -0.39 is 11.9 Å². The van der Waals surface area contributed by atoms with Crippen molar-refractivity contribution in [2.45, 2.75) is 0 Å². The molecule has 1 aromatic rings. The maximum absolute atomic E-state index is 10.3. The van der Waals surface area contributed by atoms with E-state index in [1.807, 2.05) is 0 Å². The molecular weight excluding hydrogens is 185 g/mol. The van der Waals surface area contributed by atoms with Gasteiger partial charge in [-0.25, -0.2) is 14.6 Å². The molecule has 1 heterocycles. The predicted octanol–water partition coefficient (Wildman–Crippen LogP) is -2.41. The zero-order valence-electron chi connectivity index (χ0n) is 7.89. The molecule has 0 aromatic carbocycles. The Morgan fingerprint density at radius 2 is 1.85 bits per heavy atom. The molecule has 2 N–H and O–H groups in total. The van der Waals surface area contributed by atoms with Gasteiger partial charge in [0, 0.05) is 6.20 Å². The van der Waals surface area contributed by atoms with Gasteiger partial charge in [0.05, 0.1) is 5.56 Å². The largest absolute Gasteiger partial charge is 1.00 e. The van der Waals surface area contributed by atoms with Crippen molar-refractivity contribution < 1.29 is 50.8 Å². The summed E-state index contributed by atoms with van der Waals surface area (Å²) in [4.78, 5) is 24.0. The van der Waals surface area contributed by atoms with E-state index in [0.717, 1.165) is 12.3 Å². The first-order valence-corrected chi connectivity index (χ1v) is 3.04. The summed E-state index contributed by atoms with van der Waals surface area (Å²) in [5.41, 5.74) is -0.194. The molecule has 1 rings (SSSR count). The number of aromatic carboxylic acids is 2. The van der Waals surface area contributed by atoms with Crippen molar-refractivity contribution in [3.05, 3.63) is 29.6 Å². The van der Waals surface area contributed by atoms with E-state index in [0.29, 0.717) is 0 Å². The van der Waals surface area contributed by atoms with Crippen LogP contribution in [0, 0.1) is 0 Å². The van der Waals surface area contributed by atoms with Crippen molar-refractivity contribution in [3.8, 4) is 0 Å². The van der Waals surface area contributed by atoms with Gasteiger partial charge in [-0.1, -0.05) is 0 Å². The number of carboxylic acids is 2. The third kappa shape index (κ3) is 3.14. The van der Waals surface area contributed by atoms with Gasteiger partial charge in [0.15, 0.2) is 0 Å². The molecule has 64 valence electrons. The third-order valence-corrected chi connectivity index (χ3v) is 1.23. The average molecular weight is 191 g/mol. The molecule has 0 spiro atoms. The fourth-order valence-electron chi connectivity index (χ4n) is 0.647. The van der Waals surface area contributed by atoms with Crippen LogP contribution in [0.2, 0.25) is 0 Å². The number of carboxylic acid groups (broad SMARTS) is 2. The second-order valence-electron chi connectivity index (χ2n) is 2.04. The monoisotopic (exact) mass is 191 g/mol. The normalized spacial score (nSPS) is 8.62. The van der Waals surface area contributed by atoms with E-state index >= 15 is 0 Å². The molecule has 0 radical (unpaired) electrons. The van der Waals surface area contributed by atoms with Crippen LogP contribution in [0.5, 0.6) is 0 Å². The molecule has 0 fully saturated rings. The van der Waals surface area contributed by atoms with E-state index in [-0.39, 0.29) is 42.2 Å². The maximum Gasteiger partial charge on any atom is 1.00 e. The van der Waals surface area contributed by atoms with Crippen molar-refractivity contribution >= 4 is 11.9 Å². The van der Waals surface area contributed by atoms with Gasteiger partial charge in [-0.05, 0) is 12.1 Å². The van der Waals surface area contributed by atoms with Crippen LogP contribution < -0.4 is 29.6 Å². The molecular formula is C7H6NNaO4. The Morgan fingerprint density at radius 1 is 1.23 bits per heavy atom. The van der Waals surface area contributed by atoms with Gasteiger partial charge in [0.1, 0.15) is 5.69 Å². The van der Waals surface area contributed by atoms with E-state index in [9.17, 15) is 9.59 Å². The maximum atomic E-state index is 10.3. The molecule has 0 saturated carbocycles. The first-order valence-electron chi connectivity index (χ1n) is 3.04. The third-order valence-electron chi connectivity index (χ3n) is 1.23. The Kier molecular flexibility index (Phi) is 4.61. The Labute approximate surface area is 97.2 Å². The fourth-order valence-corrected chi connectivity index (χ4v) is 0.647. The second-order valence-corrected chi connectivity index (χ2v) is 2.04. The molecule has 0 bridgehead atoms. The summed E-state index contributed by atoms with van der Waals surface area (Å²) in [5.74, 6) is -2.30. The smallest absolute Gasteiger partial charge is 1.00 e. The van der Waals surface area contributed by atoms with Crippen LogP contribution in [-0.4, -0.2) is 27.1 Å². The second kappa shape index (κ2) is 4.96. The fraction of sp³-hybridized carbons (Fsp3) is 0. The number of rotatable bonds is 2. The zero-order chi connectivity index (χ0) is 9.14. The molecule has 6 heteroatoms. The summed E-state index contributed by atoms with van der Waals surface area (Å²) in [5, 5.41) is 16.8. The van der Waals surface area contributed by atoms with Crippen LogP contribution in [0.1, 0.15) is 22.3 Å². The summed E-state index contributed by atoms with van der Waals surface area (Å²) < 4.78 is 0. The minimum atomic E-state index is -1.17. The van der Waals surface area contributed by atoms with Gasteiger partial charge in [-0.15, -0.1) is 0 Å². The van der Waals surface area contributed by atoms with Gasteiger partial charge >= 0.3 is 41.5 Å². The number of pyridine rings is 1. The van der Waals surface area contributed by atoms with Crippen molar-refractivity contribution in [1.29, 1.82) is 0 Å². The summed E-state index contributed by atoms with van der Waals surface area (Å²) in [7, 11) is 0. The van der Waals surface area contributed by atoms with E-state index in [1.54, 1.807) is 0 Å². The quantitative estimate of drug-likeness (QED) is 0.508. The Balaban J connectivity index is 0. The van der Waals surface area contributed by atoms with Crippen LogP contribution >= 0.6 is 0 Å². The van der Waals surface area contributed by atoms with Crippen LogP contribution in [0.3, 0.4) is 0 Å². The van der Waals surface area contributed by atoms with Crippen LogP contribution in [0.4, 0.5) is 0 Å². The average Bonchev–Trinajstić information content (AvgIpc) is 2.04. The molecule has 5 nitrogen and oxygen atoms in total. The molecule has 0 aliphatic carbocycles. The van der Waals surface area contributed by atoms with Gasteiger partial charge in [-0.2, -0.15) is 0 Å². The number of aromatic nitrogens is 1. The SMILES string of the molecule is O=C(O)c1ccc(C(=O)O)nc1.[H-].[Na+]. The molecule has 0 aliphatic rings. The molecule has 1 aromatic heterocycles. The van der Waals surface area contributed by atoms with Crippen LogP contribution in [0.15, 0.2) is 18.3 Å². The minimum absolute atomic E-state index is 0. The first-order chi connectivity index (χ1) is 5.61. The zero-order valence-corrected chi connectivity index (χ0v) is 8.89. The molecule has 0 amide bonds. The van der Waals surface area contributed by atoms with E-state index in [4.69, 9.17) is 10.2 Å². The van der Waals surface area contributed by atoms with E-state index in [2.05, 4.69) is 4.98 Å². The van der Waals surface area contributed by atoms with Gasteiger partial charge < -0.3 is 11.6 Å². The van der Waals surface area contributed by atoms with E-state index in [1.165, 1.54) is 6.07 Å². The van der Waals surface area contributed by atoms with Crippen molar-refractivity contribution in [1.82, 2.24) is 4.98 Å². The number of hydrogen-bond acceptors (Lipinski definition) is 3. The van der Waals surface area contributed by atoms with Crippen molar-refractivity contribution in [3.63, 3.8) is 0 Å². The van der Waals surface area contributed by atoms with Crippen molar-refractivity contribution in [2.75, 3.05) is 0 Å². The minimum Gasteiger partial charge on any atom is -1.00 e.